The first-order valence-electron chi connectivity index (χ1n) is 10.3. The Morgan fingerprint density at radius 1 is 1.10 bits per heavy atom. The van der Waals surface area contributed by atoms with Gasteiger partial charge in [0.1, 0.15) is 0 Å². The lowest BCUT2D eigenvalue weighted by Gasteiger charge is -2.30. The van der Waals surface area contributed by atoms with Gasteiger partial charge >= 0.3 is 17.9 Å². The van der Waals surface area contributed by atoms with E-state index in [-0.39, 0.29) is 24.7 Å². The fourth-order valence-corrected chi connectivity index (χ4v) is 2.89. The maximum Gasteiger partial charge on any atom is 0.333 e. The second-order valence-corrected chi connectivity index (χ2v) is 6.96. The molecule has 0 aromatic heterocycles. The number of amides is 1. The Morgan fingerprint density at radius 3 is 2.32 bits per heavy atom. The van der Waals surface area contributed by atoms with Crippen molar-refractivity contribution in [3.05, 3.63) is 48.0 Å². The van der Waals surface area contributed by atoms with Crippen LogP contribution >= 0.6 is 0 Å². The Hall–Kier alpha value is -3.16. The number of carboxylic acids is 1. The van der Waals surface area contributed by atoms with Gasteiger partial charge in [0.2, 0.25) is 5.91 Å². The van der Waals surface area contributed by atoms with Crippen LogP contribution in [0.4, 0.5) is 0 Å². The number of rotatable bonds is 9. The first-order chi connectivity index (χ1) is 14.8. The highest BCUT2D eigenvalue weighted by Crippen LogP contribution is 2.19. The lowest BCUT2D eigenvalue weighted by atomic mass is 9.97. The van der Waals surface area contributed by atoms with Gasteiger partial charge in [0.25, 0.3) is 0 Å². The topological polar surface area (TPSA) is 110 Å². The van der Waals surface area contributed by atoms with Gasteiger partial charge in [-0.3, -0.25) is 14.4 Å². The number of likely N-dealkylation sites (tertiary alicyclic amines) is 1. The second kappa shape index (κ2) is 14.0. The molecule has 1 aliphatic heterocycles. The van der Waals surface area contributed by atoms with Crippen LogP contribution in [0, 0.1) is 5.92 Å². The minimum Gasteiger partial charge on any atom is -0.481 e. The Morgan fingerprint density at radius 2 is 1.74 bits per heavy atom. The van der Waals surface area contributed by atoms with Crippen molar-refractivity contribution in [2.24, 2.45) is 5.92 Å². The van der Waals surface area contributed by atoms with E-state index in [0.717, 1.165) is 5.56 Å². The first-order valence-corrected chi connectivity index (χ1v) is 10.3. The molecule has 1 saturated heterocycles. The molecule has 1 amide bonds. The van der Waals surface area contributed by atoms with E-state index in [0.29, 0.717) is 44.7 Å². The van der Waals surface area contributed by atoms with Crippen LogP contribution in [-0.2, 0) is 35.2 Å². The number of benzene rings is 1. The molecule has 1 aromatic carbocycles. The van der Waals surface area contributed by atoms with Gasteiger partial charge in [-0.1, -0.05) is 36.9 Å². The highest BCUT2D eigenvalue weighted by molar-refractivity contribution is 5.88. The van der Waals surface area contributed by atoms with Crippen LogP contribution in [0.1, 0.15) is 45.1 Å². The molecule has 1 heterocycles. The zero-order chi connectivity index (χ0) is 23.2. The predicted octanol–water partition coefficient (Wildman–Crippen LogP) is 2.96. The van der Waals surface area contributed by atoms with Crippen LogP contribution in [0.5, 0.6) is 0 Å². The summed E-state index contributed by atoms with van der Waals surface area (Å²) in [7, 11) is 0. The summed E-state index contributed by atoms with van der Waals surface area (Å²) in [6.07, 6.45) is 1.26. The highest BCUT2D eigenvalue weighted by Gasteiger charge is 2.29. The highest BCUT2D eigenvalue weighted by atomic mass is 16.5. The number of esters is 2. The van der Waals surface area contributed by atoms with E-state index in [2.05, 4.69) is 6.58 Å². The van der Waals surface area contributed by atoms with Crippen molar-refractivity contribution in [2.45, 2.75) is 46.1 Å². The summed E-state index contributed by atoms with van der Waals surface area (Å²) in [5, 5.41) is 8.97. The molecule has 1 aliphatic rings. The number of carbonyl (C=O) groups is 4. The summed E-state index contributed by atoms with van der Waals surface area (Å²) in [6, 6.07) is 9.63. The Labute approximate surface area is 182 Å². The smallest absolute Gasteiger partial charge is 0.333 e. The number of carbonyl (C=O) groups excluding carboxylic acids is 3. The molecule has 1 unspecified atom stereocenters. The number of hydrogen-bond donors (Lipinski definition) is 1. The maximum absolute atomic E-state index is 11.7. The minimum atomic E-state index is -0.810. The van der Waals surface area contributed by atoms with Crippen molar-refractivity contribution in [1.82, 2.24) is 4.90 Å². The molecular formula is C23H31NO7. The molecular weight excluding hydrogens is 402 g/mol. The second-order valence-electron chi connectivity index (χ2n) is 6.96. The van der Waals surface area contributed by atoms with E-state index < -0.39 is 17.9 Å². The van der Waals surface area contributed by atoms with Gasteiger partial charge in [0.05, 0.1) is 19.1 Å². The van der Waals surface area contributed by atoms with Crippen LogP contribution < -0.4 is 0 Å². The molecule has 1 atom stereocenters. The Kier molecular flexibility index (Phi) is 11.6. The SMILES string of the molecule is C=C(CCC(=O)OCC)C(=O)OCC.O=C(O)C1CCC(=O)N(Cc2ccccc2)C1. The number of ether oxygens (including phenoxy) is 2. The Bertz CT molecular complexity index is 760. The van der Waals surface area contributed by atoms with Crippen molar-refractivity contribution >= 4 is 23.8 Å². The van der Waals surface area contributed by atoms with E-state index in [1.807, 2.05) is 30.3 Å². The van der Waals surface area contributed by atoms with E-state index in [1.54, 1.807) is 18.7 Å². The van der Waals surface area contributed by atoms with Gasteiger partial charge in [-0.2, -0.15) is 0 Å². The van der Waals surface area contributed by atoms with Crippen LogP contribution in [0.2, 0.25) is 0 Å². The van der Waals surface area contributed by atoms with Gasteiger partial charge in [-0.15, -0.1) is 0 Å². The Balaban J connectivity index is 0.000000318. The van der Waals surface area contributed by atoms with Crippen molar-refractivity contribution in [3.63, 3.8) is 0 Å². The fourth-order valence-electron chi connectivity index (χ4n) is 2.89. The third-order valence-electron chi connectivity index (χ3n) is 4.57. The number of nitrogens with zero attached hydrogens (tertiary/aromatic N) is 1. The molecule has 0 saturated carbocycles. The normalized spacial score (nSPS) is 15.4. The first kappa shape index (κ1) is 25.9. The quantitative estimate of drug-likeness (QED) is 0.471. The minimum absolute atomic E-state index is 0.0475. The number of hydrogen-bond acceptors (Lipinski definition) is 6. The summed E-state index contributed by atoms with van der Waals surface area (Å²) < 4.78 is 9.41. The molecule has 0 bridgehead atoms. The molecule has 0 aliphatic carbocycles. The molecule has 1 aromatic rings. The van der Waals surface area contributed by atoms with Crippen molar-refractivity contribution in [2.75, 3.05) is 19.8 Å². The third-order valence-corrected chi connectivity index (χ3v) is 4.57. The van der Waals surface area contributed by atoms with E-state index in [1.165, 1.54) is 0 Å². The monoisotopic (exact) mass is 433 g/mol. The van der Waals surface area contributed by atoms with Gasteiger partial charge < -0.3 is 19.5 Å². The van der Waals surface area contributed by atoms with Gasteiger partial charge in [0, 0.05) is 31.5 Å². The van der Waals surface area contributed by atoms with Gasteiger partial charge in [0.15, 0.2) is 0 Å². The van der Waals surface area contributed by atoms with Crippen molar-refractivity contribution in [1.29, 1.82) is 0 Å². The van der Waals surface area contributed by atoms with Gasteiger partial charge in [-0.05, 0) is 32.3 Å². The summed E-state index contributed by atoms with van der Waals surface area (Å²) in [6.45, 7) is 8.47. The summed E-state index contributed by atoms with van der Waals surface area (Å²) in [4.78, 5) is 46.2. The van der Waals surface area contributed by atoms with Crippen molar-refractivity contribution in [3.8, 4) is 0 Å². The number of piperidine rings is 1. The zero-order valence-corrected chi connectivity index (χ0v) is 18.2. The lowest BCUT2D eigenvalue weighted by molar-refractivity contribution is -0.148. The van der Waals surface area contributed by atoms with E-state index >= 15 is 0 Å². The van der Waals surface area contributed by atoms with E-state index in [4.69, 9.17) is 14.6 Å². The summed E-state index contributed by atoms with van der Waals surface area (Å²) in [5.41, 5.74) is 1.34. The summed E-state index contributed by atoms with van der Waals surface area (Å²) >= 11 is 0. The molecule has 8 nitrogen and oxygen atoms in total. The molecule has 170 valence electrons. The molecule has 2 rings (SSSR count). The van der Waals surface area contributed by atoms with Crippen molar-refractivity contribution < 1.29 is 33.8 Å². The summed E-state index contributed by atoms with van der Waals surface area (Å²) in [5.74, 6) is -1.95. The fraction of sp³-hybridized carbons (Fsp3) is 0.478. The van der Waals surface area contributed by atoms with Crippen LogP contribution in [0.15, 0.2) is 42.5 Å². The molecule has 0 radical (unpaired) electrons. The number of aliphatic carboxylic acids is 1. The lowest BCUT2D eigenvalue weighted by Crippen LogP contribution is -2.41. The molecule has 0 spiro atoms. The average molecular weight is 434 g/mol. The van der Waals surface area contributed by atoms with Crippen LogP contribution in [-0.4, -0.2) is 53.6 Å². The van der Waals surface area contributed by atoms with Crippen LogP contribution in [0.3, 0.4) is 0 Å². The molecule has 8 heteroatoms. The maximum atomic E-state index is 11.7. The largest absolute Gasteiger partial charge is 0.481 e. The average Bonchev–Trinajstić information content (AvgIpc) is 2.75. The van der Waals surface area contributed by atoms with E-state index in [9.17, 15) is 19.2 Å². The van der Waals surface area contributed by atoms with Gasteiger partial charge in [-0.25, -0.2) is 4.79 Å². The molecule has 1 fully saturated rings. The standard InChI is InChI=1S/C13H15NO3.C10H16O4/c15-12-7-6-11(13(16)17)9-14(12)8-10-4-2-1-3-5-10;1-4-13-9(11)7-6-8(3)10(12)14-5-2/h1-5,11H,6-9H2,(H,16,17);3-7H2,1-2H3. The molecule has 1 N–H and O–H groups in total. The third kappa shape index (κ3) is 9.93. The number of carboxylic acid groups (broad SMARTS) is 1. The predicted molar refractivity (Wildman–Crippen MR) is 114 cm³/mol. The van der Waals surface area contributed by atoms with Crippen LogP contribution in [0.25, 0.3) is 0 Å². The zero-order valence-electron chi connectivity index (χ0n) is 18.2. The molecule has 31 heavy (non-hydrogen) atoms.